The molecule has 2 heterocycles. The van der Waals surface area contributed by atoms with Crippen molar-refractivity contribution in [3.8, 4) is 0 Å². The van der Waals surface area contributed by atoms with Gasteiger partial charge in [-0.3, -0.25) is 10.1 Å². The highest BCUT2D eigenvalue weighted by molar-refractivity contribution is 5.72. The van der Waals surface area contributed by atoms with E-state index in [1.54, 1.807) is 0 Å². The van der Waals surface area contributed by atoms with Crippen molar-refractivity contribution in [1.29, 1.82) is 0 Å². The molecule has 0 radical (unpaired) electrons. The summed E-state index contributed by atoms with van der Waals surface area (Å²) in [6, 6.07) is 12.5. The molecule has 0 spiro atoms. The summed E-state index contributed by atoms with van der Waals surface area (Å²) < 4.78 is 0. The normalized spacial score (nSPS) is 14.6. The molecule has 1 aromatic heterocycles. The van der Waals surface area contributed by atoms with Crippen molar-refractivity contribution in [2.24, 2.45) is 4.99 Å². The maximum absolute atomic E-state index is 4.37. The van der Waals surface area contributed by atoms with Crippen LogP contribution in [0.3, 0.4) is 0 Å². The third kappa shape index (κ3) is 2.40. The van der Waals surface area contributed by atoms with E-state index < -0.39 is 0 Å². The molecule has 3 heteroatoms. The molecular weight excluding hydrogens is 222 g/mol. The van der Waals surface area contributed by atoms with Crippen LogP contribution in [0.15, 0.2) is 47.6 Å². The van der Waals surface area contributed by atoms with Gasteiger partial charge in [-0.25, -0.2) is 0 Å². The molecule has 0 bridgehead atoms. The third-order valence-corrected chi connectivity index (χ3v) is 3.08. The van der Waals surface area contributed by atoms with E-state index in [0.717, 1.165) is 30.7 Å². The standard InChI is InChI=1S/C15H15N3/c1-2-5-12(6-3-1)9-14-10-15(18-17-14)13-7-4-8-16-11-13/h1-3,5-6,8,10-11H,4,7,9H2,(H,17,18). The monoisotopic (exact) mass is 237 g/mol. The van der Waals surface area contributed by atoms with Crippen molar-refractivity contribution in [3.05, 3.63) is 59.5 Å². The van der Waals surface area contributed by atoms with Crippen LogP contribution in [0.4, 0.5) is 0 Å². The Morgan fingerprint density at radius 2 is 2.06 bits per heavy atom. The zero-order valence-electron chi connectivity index (χ0n) is 10.1. The second-order valence-electron chi connectivity index (χ2n) is 4.47. The van der Waals surface area contributed by atoms with Gasteiger partial charge in [0.15, 0.2) is 0 Å². The number of hydrogen-bond donors (Lipinski definition) is 1. The lowest BCUT2D eigenvalue weighted by molar-refractivity contribution is 0.981. The van der Waals surface area contributed by atoms with Gasteiger partial charge in [-0.2, -0.15) is 5.10 Å². The van der Waals surface area contributed by atoms with Gasteiger partial charge in [-0.05, 0) is 30.0 Å². The molecule has 90 valence electrons. The molecule has 0 saturated heterocycles. The number of rotatable bonds is 3. The molecule has 0 saturated carbocycles. The molecule has 1 aromatic carbocycles. The summed E-state index contributed by atoms with van der Waals surface area (Å²) in [6.07, 6.45) is 6.78. The van der Waals surface area contributed by atoms with Gasteiger partial charge in [0, 0.05) is 24.5 Å². The van der Waals surface area contributed by atoms with Crippen molar-refractivity contribution < 1.29 is 0 Å². The molecule has 3 rings (SSSR count). The summed E-state index contributed by atoms with van der Waals surface area (Å²) in [5, 5.41) is 7.48. The van der Waals surface area contributed by atoms with Crippen LogP contribution in [-0.2, 0) is 6.42 Å². The van der Waals surface area contributed by atoms with E-state index in [2.05, 4.69) is 45.5 Å². The molecule has 1 aliphatic heterocycles. The van der Waals surface area contributed by atoms with E-state index in [0.29, 0.717) is 0 Å². The maximum atomic E-state index is 4.37. The molecule has 0 atom stereocenters. The van der Waals surface area contributed by atoms with Crippen LogP contribution >= 0.6 is 0 Å². The smallest absolute Gasteiger partial charge is 0.0898 e. The number of H-pyrrole nitrogens is 1. The Morgan fingerprint density at radius 1 is 1.17 bits per heavy atom. The minimum atomic E-state index is 0.893. The van der Waals surface area contributed by atoms with Gasteiger partial charge in [0.1, 0.15) is 0 Å². The highest BCUT2D eigenvalue weighted by Crippen LogP contribution is 2.21. The van der Waals surface area contributed by atoms with Gasteiger partial charge in [0.05, 0.1) is 5.69 Å². The third-order valence-electron chi connectivity index (χ3n) is 3.08. The fourth-order valence-electron chi connectivity index (χ4n) is 2.13. The van der Waals surface area contributed by atoms with Gasteiger partial charge in [0.25, 0.3) is 0 Å². The first-order chi connectivity index (χ1) is 8.92. The van der Waals surface area contributed by atoms with Gasteiger partial charge < -0.3 is 0 Å². The minimum Gasteiger partial charge on any atom is -0.282 e. The molecule has 0 amide bonds. The summed E-state index contributed by atoms with van der Waals surface area (Å²) in [4.78, 5) is 4.19. The van der Waals surface area contributed by atoms with Crippen molar-refractivity contribution in [3.63, 3.8) is 0 Å². The van der Waals surface area contributed by atoms with Crippen LogP contribution in [0.25, 0.3) is 5.57 Å². The first-order valence-electron chi connectivity index (χ1n) is 6.21. The first-order valence-corrected chi connectivity index (χ1v) is 6.21. The molecular formula is C15H15N3. The predicted molar refractivity (Wildman–Crippen MR) is 73.5 cm³/mol. The Bertz CT molecular complexity index is 579. The molecule has 18 heavy (non-hydrogen) atoms. The predicted octanol–water partition coefficient (Wildman–Crippen LogP) is 3.21. The van der Waals surface area contributed by atoms with Crippen molar-refractivity contribution in [2.45, 2.75) is 19.3 Å². The van der Waals surface area contributed by atoms with Gasteiger partial charge in [-0.1, -0.05) is 30.3 Å². The molecule has 1 N–H and O–H groups in total. The summed E-state index contributed by atoms with van der Waals surface area (Å²) in [5.74, 6) is 0. The number of aromatic nitrogens is 2. The first kappa shape index (κ1) is 11.0. The highest BCUT2D eigenvalue weighted by atomic mass is 15.1. The van der Waals surface area contributed by atoms with Gasteiger partial charge in [0.2, 0.25) is 0 Å². The Labute approximate surface area is 106 Å². The maximum Gasteiger partial charge on any atom is 0.0898 e. The number of aromatic amines is 1. The lowest BCUT2D eigenvalue weighted by Crippen LogP contribution is -1.90. The second-order valence-corrected chi connectivity index (χ2v) is 4.47. The second kappa shape index (κ2) is 5.00. The summed E-state index contributed by atoms with van der Waals surface area (Å²) in [5.41, 5.74) is 4.68. The van der Waals surface area contributed by atoms with Crippen LogP contribution in [0.5, 0.6) is 0 Å². The average Bonchev–Trinajstić information content (AvgIpc) is 2.89. The number of hydrogen-bond acceptors (Lipinski definition) is 2. The van der Waals surface area contributed by atoms with E-state index >= 15 is 0 Å². The Kier molecular flexibility index (Phi) is 3.05. The van der Waals surface area contributed by atoms with Crippen LogP contribution in [0, 0.1) is 0 Å². The fourth-order valence-corrected chi connectivity index (χ4v) is 2.13. The fraction of sp³-hybridized carbons (Fsp3) is 0.200. The molecule has 1 aliphatic rings. The molecule has 0 unspecified atom stereocenters. The van der Waals surface area contributed by atoms with Crippen molar-refractivity contribution in [1.82, 2.24) is 10.2 Å². The Hall–Kier alpha value is -2.16. The topological polar surface area (TPSA) is 41.0 Å². The lowest BCUT2D eigenvalue weighted by Gasteiger charge is -2.03. The number of benzene rings is 1. The molecule has 3 nitrogen and oxygen atoms in total. The molecule has 0 fully saturated rings. The molecule has 0 aliphatic carbocycles. The number of nitrogens with one attached hydrogen (secondary N) is 1. The summed E-state index contributed by atoms with van der Waals surface area (Å²) >= 11 is 0. The summed E-state index contributed by atoms with van der Waals surface area (Å²) in [6.45, 7) is 0. The average molecular weight is 237 g/mol. The van der Waals surface area contributed by atoms with Crippen LogP contribution in [0.1, 0.15) is 29.8 Å². The van der Waals surface area contributed by atoms with E-state index in [-0.39, 0.29) is 0 Å². The largest absolute Gasteiger partial charge is 0.282 e. The lowest BCUT2D eigenvalue weighted by atomic mass is 10.1. The van der Waals surface area contributed by atoms with E-state index in [1.807, 2.05) is 18.5 Å². The van der Waals surface area contributed by atoms with Gasteiger partial charge >= 0.3 is 0 Å². The minimum absolute atomic E-state index is 0.893. The zero-order valence-corrected chi connectivity index (χ0v) is 10.1. The summed E-state index contributed by atoms with van der Waals surface area (Å²) in [7, 11) is 0. The zero-order chi connectivity index (χ0) is 12.2. The van der Waals surface area contributed by atoms with E-state index in [1.165, 1.54) is 11.1 Å². The van der Waals surface area contributed by atoms with Gasteiger partial charge in [-0.15, -0.1) is 0 Å². The molecule has 2 aromatic rings. The van der Waals surface area contributed by atoms with Crippen LogP contribution < -0.4 is 0 Å². The van der Waals surface area contributed by atoms with Crippen LogP contribution in [-0.4, -0.2) is 16.4 Å². The van der Waals surface area contributed by atoms with E-state index in [4.69, 9.17) is 0 Å². The highest BCUT2D eigenvalue weighted by Gasteiger charge is 2.08. The quantitative estimate of drug-likeness (QED) is 0.875. The van der Waals surface area contributed by atoms with E-state index in [9.17, 15) is 0 Å². The van der Waals surface area contributed by atoms with Crippen molar-refractivity contribution in [2.75, 3.05) is 0 Å². The Balaban J connectivity index is 1.78. The Morgan fingerprint density at radius 3 is 2.83 bits per heavy atom. The number of nitrogens with zero attached hydrogens (tertiary/aromatic N) is 2. The SMILES string of the molecule is C1=NC=C(c2cc(Cc3ccccc3)[nH]n2)CC1. The van der Waals surface area contributed by atoms with Crippen molar-refractivity contribution >= 4 is 11.8 Å². The van der Waals surface area contributed by atoms with Crippen LogP contribution in [0.2, 0.25) is 0 Å². The number of aliphatic imine (C=N–C) groups is 1. The number of allylic oxidation sites excluding steroid dienone is 1.